The van der Waals surface area contributed by atoms with E-state index in [1.54, 1.807) is 18.6 Å². The highest BCUT2D eigenvalue weighted by Gasteiger charge is 2.08. The van der Waals surface area contributed by atoms with Crippen molar-refractivity contribution in [1.82, 2.24) is 19.6 Å². The fourth-order valence-corrected chi connectivity index (χ4v) is 2.84. The Hall–Kier alpha value is -3.74. The summed E-state index contributed by atoms with van der Waals surface area (Å²) in [4.78, 5) is 19.7. The van der Waals surface area contributed by atoms with Crippen LogP contribution in [0.25, 0.3) is 16.9 Å². The van der Waals surface area contributed by atoms with Crippen molar-refractivity contribution in [3.8, 4) is 11.3 Å². The summed E-state index contributed by atoms with van der Waals surface area (Å²) in [5, 5.41) is 10.8. The quantitative estimate of drug-likeness (QED) is 0.571. The Morgan fingerprint density at radius 3 is 2.78 bits per heavy atom. The van der Waals surface area contributed by atoms with Crippen LogP contribution in [0.15, 0.2) is 67.1 Å². The first-order valence-corrected chi connectivity index (χ1v) is 8.54. The number of carbonyl (C=O) groups is 1. The molecule has 3 heterocycles. The van der Waals surface area contributed by atoms with Crippen molar-refractivity contribution < 1.29 is 4.79 Å². The Labute approximate surface area is 156 Å². The third-order valence-corrected chi connectivity index (χ3v) is 4.06. The summed E-state index contributed by atoms with van der Waals surface area (Å²) in [5.74, 6) is 0.650. The van der Waals surface area contributed by atoms with Crippen LogP contribution in [-0.4, -0.2) is 25.5 Å². The van der Waals surface area contributed by atoms with Gasteiger partial charge in [0.15, 0.2) is 5.65 Å². The summed E-state index contributed by atoms with van der Waals surface area (Å²) < 4.78 is 1.81. The second-order valence-corrected chi connectivity index (χ2v) is 6.10. The van der Waals surface area contributed by atoms with E-state index < -0.39 is 0 Å². The Morgan fingerprint density at radius 2 is 1.96 bits per heavy atom. The molecule has 7 nitrogen and oxygen atoms in total. The van der Waals surface area contributed by atoms with Gasteiger partial charge in [0.25, 0.3) is 0 Å². The average molecular weight is 358 g/mol. The summed E-state index contributed by atoms with van der Waals surface area (Å²) >= 11 is 0. The predicted molar refractivity (Wildman–Crippen MR) is 104 cm³/mol. The van der Waals surface area contributed by atoms with Crippen molar-refractivity contribution in [3.63, 3.8) is 0 Å². The van der Waals surface area contributed by atoms with E-state index >= 15 is 0 Å². The lowest BCUT2D eigenvalue weighted by atomic mass is 10.2. The highest BCUT2D eigenvalue weighted by molar-refractivity contribution is 5.88. The van der Waals surface area contributed by atoms with Gasteiger partial charge in [0.2, 0.25) is 5.91 Å². The largest absolute Gasteiger partial charge is 0.365 e. The van der Waals surface area contributed by atoms with Crippen molar-refractivity contribution >= 4 is 23.1 Å². The van der Waals surface area contributed by atoms with Gasteiger partial charge in [-0.1, -0.05) is 12.1 Å². The number of aromatic nitrogens is 4. The summed E-state index contributed by atoms with van der Waals surface area (Å²) in [6, 6.07) is 15.4. The molecule has 0 aliphatic heterocycles. The molecule has 1 aromatic carbocycles. The number of amides is 1. The predicted octanol–water partition coefficient (Wildman–Crippen LogP) is 3.36. The zero-order chi connectivity index (χ0) is 18.6. The first-order chi connectivity index (χ1) is 13.2. The molecule has 27 heavy (non-hydrogen) atoms. The SMILES string of the molecule is CC(=O)Nc1cccc(CNc2ccc3ncc(-c4ccncc4)n3n2)c1. The van der Waals surface area contributed by atoms with Crippen molar-refractivity contribution in [1.29, 1.82) is 0 Å². The van der Waals surface area contributed by atoms with Crippen LogP contribution in [0.5, 0.6) is 0 Å². The number of imidazole rings is 1. The molecule has 0 saturated carbocycles. The van der Waals surface area contributed by atoms with Crippen LogP contribution in [0.4, 0.5) is 11.5 Å². The summed E-state index contributed by atoms with van der Waals surface area (Å²) in [6.45, 7) is 2.08. The van der Waals surface area contributed by atoms with Gasteiger partial charge in [-0.05, 0) is 42.0 Å². The van der Waals surface area contributed by atoms with E-state index in [1.807, 2.05) is 53.0 Å². The van der Waals surface area contributed by atoms with Gasteiger partial charge >= 0.3 is 0 Å². The molecule has 7 heteroatoms. The second kappa shape index (κ2) is 7.25. The normalized spacial score (nSPS) is 10.7. The molecule has 0 aliphatic rings. The highest BCUT2D eigenvalue weighted by atomic mass is 16.1. The van der Waals surface area contributed by atoms with E-state index in [2.05, 4.69) is 25.7 Å². The van der Waals surface area contributed by atoms with Crippen LogP contribution in [0.1, 0.15) is 12.5 Å². The van der Waals surface area contributed by atoms with Crippen molar-refractivity contribution in [3.05, 3.63) is 72.7 Å². The van der Waals surface area contributed by atoms with Crippen molar-refractivity contribution in [2.45, 2.75) is 13.5 Å². The minimum absolute atomic E-state index is 0.0871. The Bertz CT molecular complexity index is 1090. The topological polar surface area (TPSA) is 84.2 Å². The number of pyridine rings is 1. The van der Waals surface area contributed by atoms with Gasteiger partial charge in [-0.3, -0.25) is 9.78 Å². The van der Waals surface area contributed by atoms with E-state index in [4.69, 9.17) is 0 Å². The van der Waals surface area contributed by atoms with Crippen LogP contribution >= 0.6 is 0 Å². The molecule has 0 spiro atoms. The number of nitrogens with zero attached hydrogens (tertiary/aromatic N) is 4. The fourth-order valence-electron chi connectivity index (χ4n) is 2.84. The molecule has 0 radical (unpaired) electrons. The molecule has 0 atom stereocenters. The molecule has 0 saturated heterocycles. The number of nitrogens with one attached hydrogen (secondary N) is 2. The Kier molecular flexibility index (Phi) is 4.49. The lowest BCUT2D eigenvalue weighted by Crippen LogP contribution is -2.07. The van der Waals surface area contributed by atoms with Gasteiger partial charge < -0.3 is 10.6 Å². The molecule has 4 rings (SSSR count). The van der Waals surface area contributed by atoms with Crippen LogP contribution < -0.4 is 10.6 Å². The number of anilines is 2. The first-order valence-electron chi connectivity index (χ1n) is 8.54. The highest BCUT2D eigenvalue weighted by Crippen LogP contribution is 2.20. The molecule has 0 aliphatic carbocycles. The summed E-state index contributed by atoms with van der Waals surface area (Å²) in [7, 11) is 0. The maximum atomic E-state index is 11.2. The number of fused-ring (bicyclic) bond motifs is 1. The molecule has 134 valence electrons. The molecular formula is C20H18N6O. The summed E-state index contributed by atoms with van der Waals surface area (Å²) in [6.07, 6.45) is 5.30. The smallest absolute Gasteiger partial charge is 0.221 e. The molecule has 3 aromatic heterocycles. The van der Waals surface area contributed by atoms with E-state index in [-0.39, 0.29) is 5.91 Å². The Balaban J connectivity index is 1.55. The monoisotopic (exact) mass is 358 g/mol. The van der Waals surface area contributed by atoms with Crippen LogP contribution in [0.2, 0.25) is 0 Å². The van der Waals surface area contributed by atoms with Crippen molar-refractivity contribution in [2.24, 2.45) is 0 Å². The lowest BCUT2D eigenvalue weighted by molar-refractivity contribution is -0.114. The zero-order valence-corrected chi connectivity index (χ0v) is 14.8. The van der Waals surface area contributed by atoms with Crippen molar-refractivity contribution in [2.75, 3.05) is 10.6 Å². The zero-order valence-electron chi connectivity index (χ0n) is 14.8. The van der Waals surface area contributed by atoms with Gasteiger partial charge in [-0.15, -0.1) is 5.10 Å². The standard InChI is InChI=1S/C20H18N6O/c1-14(27)24-17-4-2-3-15(11-17)12-22-19-5-6-20-23-13-18(26(20)25-19)16-7-9-21-10-8-16/h2-11,13H,12H2,1H3,(H,22,25)(H,24,27). The van der Waals surface area contributed by atoms with E-state index in [1.165, 1.54) is 6.92 Å². The number of benzene rings is 1. The van der Waals surface area contributed by atoms with E-state index in [0.29, 0.717) is 6.54 Å². The van der Waals surface area contributed by atoms with E-state index in [0.717, 1.165) is 34.0 Å². The first kappa shape index (κ1) is 16.7. The minimum Gasteiger partial charge on any atom is -0.365 e. The average Bonchev–Trinajstić information content (AvgIpc) is 3.10. The second-order valence-electron chi connectivity index (χ2n) is 6.10. The number of carbonyl (C=O) groups excluding carboxylic acids is 1. The third-order valence-electron chi connectivity index (χ3n) is 4.06. The number of hydrogen-bond acceptors (Lipinski definition) is 5. The van der Waals surface area contributed by atoms with Gasteiger partial charge in [0.05, 0.1) is 11.9 Å². The maximum Gasteiger partial charge on any atom is 0.221 e. The molecule has 2 N–H and O–H groups in total. The Morgan fingerprint density at radius 1 is 1.11 bits per heavy atom. The van der Waals surface area contributed by atoms with Gasteiger partial charge in [-0.2, -0.15) is 0 Å². The van der Waals surface area contributed by atoms with Crippen LogP contribution in [-0.2, 0) is 11.3 Å². The molecule has 0 unspecified atom stereocenters. The minimum atomic E-state index is -0.0871. The molecule has 1 amide bonds. The van der Waals surface area contributed by atoms with Crippen LogP contribution in [0, 0.1) is 0 Å². The molecule has 4 aromatic rings. The van der Waals surface area contributed by atoms with Gasteiger partial charge in [0, 0.05) is 37.1 Å². The number of hydrogen-bond donors (Lipinski definition) is 2. The number of rotatable bonds is 5. The maximum absolute atomic E-state index is 11.2. The molecular weight excluding hydrogens is 340 g/mol. The molecule has 0 bridgehead atoms. The van der Waals surface area contributed by atoms with Gasteiger partial charge in [0.1, 0.15) is 5.82 Å². The lowest BCUT2D eigenvalue weighted by Gasteiger charge is -2.09. The van der Waals surface area contributed by atoms with Gasteiger partial charge in [-0.25, -0.2) is 9.50 Å². The van der Waals surface area contributed by atoms with E-state index in [9.17, 15) is 4.79 Å². The summed E-state index contributed by atoms with van der Waals surface area (Å²) in [5.41, 5.74) is 4.51. The molecule has 0 fully saturated rings. The van der Waals surface area contributed by atoms with Crippen LogP contribution in [0.3, 0.4) is 0 Å². The fraction of sp³-hybridized carbons (Fsp3) is 0.100. The third kappa shape index (κ3) is 3.77.